The molecule has 10 heteroatoms. The highest BCUT2D eigenvalue weighted by molar-refractivity contribution is 6.31. The van der Waals surface area contributed by atoms with Crippen LogP contribution in [0, 0.1) is 10.1 Å². The fourth-order valence-electron chi connectivity index (χ4n) is 2.50. The molecule has 1 aromatic carbocycles. The summed E-state index contributed by atoms with van der Waals surface area (Å²) in [6, 6.07) is 1.04. The number of halogens is 4. The molecule has 0 radical (unpaired) electrons. The van der Waals surface area contributed by atoms with Gasteiger partial charge in [-0.15, -0.1) is 0 Å². The Kier molecular flexibility index (Phi) is 5.56. The molecule has 1 saturated heterocycles. The minimum atomic E-state index is -4.76. The Labute approximate surface area is 141 Å². The second-order valence-electron chi connectivity index (χ2n) is 5.71. The quantitative estimate of drug-likeness (QED) is 0.652. The van der Waals surface area contributed by atoms with Crippen molar-refractivity contribution in [2.24, 2.45) is 0 Å². The molecule has 1 aromatic rings. The lowest BCUT2D eigenvalue weighted by molar-refractivity contribution is -0.384. The smallest absolute Gasteiger partial charge is 0.374 e. The van der Waals surface area contributed by atoms with Crippen LogP contribution in [-0.4, -0.2) is 48.7 Å². The summed E-state index contributed by atoms with van der Waals surface area (Å²) in [7, 11) is 1.92. The molecular weight excluding hydrogens is 351 g/mol. The van der Waals surface area contributed by atoms with E-state index in [1.165, 1.54) is 0 Å². The van der Waals surface area contributed by atoms with E-state index in [0.29, 0.717) is 19.2 Å². The number of morpholine rings is 1. The van der Waals surface area contributed by atoms with Crippen LogP contribution in [0.25, 0.3) is 0 Å². The van der Waals surface area contributed by atoms with Crippen LogP contribution in [0.4, 0.5) is 24.5 Å². The van der Waals surface area contributed by atoms with Gasteiger partial charge in [0.05, 0.1) is 34.3 Å². The number of rotatable bonds is 4. The van der Waals surface area contributed by atoms with Gasteiger partial charge in [-0.2, -0.15) is 13.2 Å². The van der Waals surface area contributed by atoms with Gasteiger partial charge in [0.25, 0.3) is 5.69 Å². The fourth-order valence-corrected chi connectivity index (χ4v) is 2.77. The molecule has 2 unspecified atom stereocenters. The minimum Gasteiger partial charge on any atom is -0.374 e. The summed E-state index contributed by atoms with van der Waals surface area (Å²) in [4.78, 5) is 12.3. The van der Waals surface area contributed by atoms with E-state index in [-0.39, 0.29) is 17.8 Å². The second-order valence-corrected chi connectivity index (χ2v) is 6.12. The van der Waals surface area contributed by atoms with Crippen molar-refractivity contribution in [1.29, 1.82) is 0 Å². The highest BCUT2D eigenvalue weighted by Crippen LogP contribution is 2.40. The van der Waals surface area contributed by atoms with Crippen LogP contribution < -0.4 is 5.32 Å². The van der Waals surface area contributed by atoms with E-state index in [1.54, 1.807) is 6.92 Å². The van der Waals surface area contributed by atoms with E-state index >= 15 is 0 Å². The predicted molar refractivity (Wildman–Crippen MR) is 83.4 cm³/mol. The van der Waals surface area contributed by atoms with E-state index in [1.807, 2.05) is 11.9 Å². The van der Waals surface area contributed by atoms with Crippen molar-refractivity contribution in [3.05, 3.63) is 32.8 Å². The summed E-state index contributed by atoms with van der Waals surface area (Å²) in [6.07, 6.45) is -5.01. The third kappa shape index (κ3) is 4.28. The third-order valence-corrected chi connectivity index (χ3v) is 4.14. The molecule has 24 heavy (non-hydrogen) atoms. The Morgan fingerprint density at radius 2 is 2.17 bits per heavy atom. The molecule has 1 fully saturated rings. The number of nitro benzene ring substituents is 1. The van der Waals surface area contributed by atoms with Crippen molar-refractivity contribution in [3.8, 4) is 0 Å². The van der Waals surface area contributed by atoms with Gasteiger partial charge in [0.15, 0.2) is 0 Å². The van der Waals surface area contributed by atoms with E-state index < -0.39 is 27.4 Å². The van der Waals surface area contributed by atoms with E-state index in [2.05, 4.69) is 5.32 Å². The number of hydrogen-bond acceptors (Lipinski definition) is 5. The molecule has 1 aliphatic rings. The number of nitro groups is 1. The molecule has 1 heterocycles. The molecule has 2 rings (SSSR count). The summed E-state index contributed by atoms with van der Waals surface area (Å²) in [5.41, 5.74) is -1.98. The van der Waals surface area contributed by atoms with Crippen LogP contribution in [0.5, 0.6) is 0 Å². The fraction of sp³-hybridized carbons (Fsp3) is 0.571. The van der Waals surface area contributed by atoms with Crippen molar-refractivity contribution < 1.29 is 22.8 Å². The molecule has 0 aliphatic carbocycles. The molecule has 0 amide bonds. The van der Waals surface area contributed by atoms with Crippen LogP contribution in [0.2, 0.25) is 5.02 Å². The standard InChI is InChI=1S/C14H17ClF3N3O3/c1-8(13-7-20(2)3-4-24-13)19-11-6-10(15)9(14(16,17)18)5-12(11)21(22)23/h5-6,8,13,19H,3-4,7H2,1-2H3. The summed E-state index contributed by atoms with van der Waals surface area (Å²) < 4.78 is 44.2. The lowest BCUT2D eigenvalue weighted by Crippen LogP contribution is -2.47. The van der Waals surface area contributed by atoms with Gasteiger partial charge in [0.1, 0.15) is 5.69 Å². The maximum Gasteiger partial charge on any atom is 0.418 e. The number of anilines is 1. The van der Waals surface area contributed by atoms with Crippen molar-refractivity contribution in [2.75, 3.05) is 32.1 Å². The van der Waals surface area contributed by atoms with Crippen LogP contribution in [0.15, 0.2) is 12.1 Å². The highest BCUT2D eigenvalue weighted by atomic mass is 35.5. The molecule has 0 bridgehead atoms. The number of hydrogen-bond donors (Lipinski definition) is 1. The van der Waals surface area contributed by atoms with E-state index in [0.717, 1.165) is 12.6 Å². The zero-order valence-electron chi connectivity index (χ0n) is 13.1. The monoisotopic (exact) mass is 367 g/mol. The molecule has 1 N–H and O–H groups in total. The first-order valence-corrected chi connectivity index (χ1v) is 7.59. The maximum atomic E-state index is 12.9. The van der Waals surface area contributed by atoms with E-state index in [4.69, 9.17) is 16.3 Å². The van der Waals surface area contributed by atoms with Crippen LogP contribution in [0.1, 0.15) is 12.5 Å². The number of alkyl halides is 3. The Bertz CT molecular complexity index is 627. The Hall–Kier alpha value is -1.58. The van der Waals surface area contributed by atoms with Gasteiger partial charge >= 0.3 is 6.18 Å². The van der Waals surface area contributed by atoms with Gasteiger partial charge < -0.3 is 15.0 Å². The average Bonchev–Trinajstić information content (AvgIpc) is 2.45. The number of nitrogens with one attached hydrogen (secondary N) is 1. The molecule has 134 valence electrons. The Balaban J connectivity index is 2.29. The number of nitrogens with zero attached hydrogens (tertiary/aromatic N) is 2. The summed E-state index contributed by atoms with van der Waals surface area (Å²) >= 11 is 5.66. The topological polar surface area (TPSA) is 67.6 Å². The van der Waals surface area contributed by atoms with Crippen molar-refractivity contribution in [3.63, 3.8) is 0 Å². The van der Waals surface area contributed by atoms with Gasteiger partial charge in [-0.3, -0.25) is 10.1 Å². The zero-order chi connectivity index (χ0) is 18.1. The summed E-state index contributed by atoms with van der Waals surface area (Å²) in [6.45, 7) is 3.65. The molecule has 1 aliphatic heterocycles. The van der Waals surface area contributed by atoms with Crippen molar-refractivity contribution >= 4 is 23.0 Å². The lowest BCUT2D eigenvalue weighted by atomic mass is 10.1. The molecular formula is C14H17ClF3N3O3. The number of ether oxygens (including phenoxy) is 1. The Morgan fingerprint density at radius 1 is 1.50 bits per heavy atom. The SMILES string of the molecule is CC(Nc1cc(Cl)c(C(F)(F)F)cc1[N+](=O)[O-])C1CN(C)CCO1. The van der Waals surface area contributed by atoms with Gasteiger partial charge in [-0.25, -0.2) is 0 Å². The molecule has 0 aromatic heterocycles. The molecule has 6 nitrogen and oxygen atoms in total. The third-order valence-electron chi connectivity index (χ3n) is 3.82. The van der Waals surface area contributed by atoms with Gasteiger partial charge in [-0.1, -0.05) is 11.6 Å². The van der Waals surface area contributed by atoms with Gasteiger partial charge in [0.2, 0.25) is 0 Å². The average molecular weight is 368 g/mol. The minimum absolute atomic E-state index is 0.0673. The highest BCUT2D eigenvalue weighted by Gasteiger charge is 2.36. The normalized spacial score (nSPS) is 20.7. The zero-order valence-corrected chi connectivity index (χ0v) is 13.8. The predicted octanol–water partition coefficient (Wildman–Crippen LogP) is 3.40. The first kappa shape index (κ1) is 18.8. The second kappa shape index (κ2) is 7.12. The van der Waals surface area contributed by atoms with Gasteiger partial charge in [-0.05, 0) is 20.0 Å². The van der Waals surface area contributed by atoms with Crippen LogP contribution >= 0.6 is 11.6 Å². The Morgan fingerprint density at radius 3 is 2.71 bits per heavy atom. The molecule has 2 atom stereocenters. The van der Waals surface area contributed by atoms with Crippen LogP contribution in [0.3, 0.4) is 0 Å². The van der Waals surface area contributed by atoms with Crippen LogP contribution in [-0.2, 0) is 10.9 Å². The first-order chi connectivity index (χ1) is 11.1. The molecule has 0 saturated carbocycles. The molecule has 0 spiro atoms. The largest absolute Gasteiger partial charge is 0.418 e. The van der Waals surface area contributed by atoms with E-state index in [9.17, 15) is 23.3 Å². The summed E-state index contributed by atoms with van der Waals surface area (Å²) in [5.74, 6) is 0. The van der Waals surface area contributed by atoms with Crippen molar-refractivity contribution in [2.45, 2.75) is 25.2 Å². The summed E-state index contributed by atoms with van der Waals surface area (Å²) in [5, 5.41) is 13.4. The van der Waals surface area contributed by atoms with Crippen molar-refractivity contribution in [1.82, 2.24) is 4.90 Å². The first-order valence-electron chi connectivity index (χ1n) is 7.21. The number of likely N-dealkylation sites (N-methyl/N-ethyl adjacent to an activating group) is 1. The number of benzene rings is 1. The maximum absolute atomic E-state index is 12.9. The lowest BCUT2D eigenvalue weighted by Gasteiger charge is -2.34. The van der Waals surface area contributed by atoms with Gasteiger partial charge in [0, 0.05) is 19.2 Å².